The van der Waals surface area contributed by atoms with E-state index in [4.69, 9.17) is 4.42 Å². The van der Waals surface area contributed by atoms with Crippen molar-refractivity contribution >= 4 is 11.9 Å². The van der Waals surface area contributed by atoms with Crippen LogP contribution in [0.15, 0.2) is 52.1 Å². The summed E-state index contributed by atoms with van der Waals surface area (Å²) in [6.45, 7) is 9.11. The molecule has 2 fully saturated rings. The van der Waals surface area contributed by atoms with Crippen LogP contribution in [0.5, 0.6) is 0 Å². The fourth-order valence-electron chi connectivity index (χ4n) is 4.22. The molecule has 2 aliphatic rings. The van der Waals surface area contributed by atoms with E-state index in [2.05, 4.69) is 56.3 Å². The van der Waals surface area contributed by atoms with Crippen molar-refractivity contribution in [3.05, 3.63) is 59.5 Å². The highest BCUT2D eigenvalue weighted by Crippen LogP contribution is 2.12. The van der Waals surface area contributed by atoms with E-state index < -0.39 is 0 Å². The highest BCUT2D eigenvalue weighted by Gasteiger charge is 2.25. The molecule has 1 N–H and O–H groups in total. The molecule has 1 aromatic carbocycles. The Balaban J connectivity index is 1.23. The fraction of sp³-hybridized carbons (Fsp3) is 0.500. The van der Waals surface area contributed by atoms with Gasteiger partial charge in [-0.1, -0.05) is 24.3 Å². The first-order valence-electron chi connectivity index (χ1n) is 11.4. The number of piperazine rings is 2. The molecule has 0 saturated carbocycles. The van der Waals surface area contributed by atoms with Crippen LogP contribution in [0.4, 0.5) is 0 Å². The van der Waals surface area contributed by atoms with E-state index in [0.29, 0.717) is 18.8 Å². The SMILES string of the molecule is CN=C(NCc1ccc(CN2CCN(C)CC2)cc1)N1CCN(C(=O)c2ccco2)CC1. The molecule has 8 nitrogen and oxygen atoms in total. The average Bonchev–Trinajstić information content (AvgIpc) is 3.37. The Labute approximate surface area is 190 Å². The van der Waals surface area contributed by atoms with Crippen LogP contribution in [0.25, 0.3) is 0 Å². The maximum absolute atomic E-state index is 12.4. The van der Waals surface area contributed by atoms with Gasteiger partial charge in [-0.25, -0.2) is 0 Å². The van der Waals surface area contributed by atoms with Crippen LogP contribution in [0.2, 0.25) is 0 Å². The van der Waals surface area contributed by atoms with Crippen LogP contribution in [0, 0.1) is 0 Å². The first-order valence-corrected chi connectivity index (χ1v) is 11.4. The van der Waals surface area contributed by atoms with E-state index in [1.165, 1.54) is 17.4 Å². The van der Waals surface area contributed by atoms with Crippen molar-refractivity contribution < 1.29 is 9.21 Å². The second-order valence-corrected chi connectivity index (χ2v) is 8.55. The van der Waals surface area contributed by atoms with Crippen LogP contribution in [0.3, 0.4) is 0 Å². The van der Waals surface area contributed by atoms with E-state index in [-0.39, 0.29) is 5.91 Å². The van der Waals surface area contributed by atoms with E-state index in [9.17, 15) is 4.79 Å². The van der Waals surface area contributed by atoms with Crippen LogP contribution in [0.1, 0.15) is 21.7 Å². The summed E-state index contributed by atoms with van der Waals surface area (Å²) in [6.07, 6.45) is 1.54. The molecule has 0 bridgehead atoms. The van der Waals surface area contributed by atoms with Crippen molar-refractivity contribution in [2.24, 2.45) is 4.99 Å². The van der Waals surface area contributed by atoms with E-state index in [1.807, 2.05) is 11.9 Å². The molecule has 0 spiro atoms. The Morgan fingerprint density at radius 1 is 0.938 bits per heavy atom. The van der Waals surface area contributed by atoms with Crippen molar-refractivity contribution in [3.63, 3.8) is 0 Å². The number of rotatable bonds is 5. The zero-order chi connectivity index (χ0) is 22.3. The Bertz CT molecular complexity index is 880. The third-order valence-corrected chi connectivity index (χ3v) is 6.29. The number of nitrogens with one attached hydrogen (secondary N) is 1. The molecule has 0 atom stereocenters. The average molecular weight is 439 g/mol. The van der Waals surface area contributed by atoms with Crippen molar-refractivity contribution in [1.82, 2.24) is 24.9 Å². The molecule has 4 rings (SSSR count). The molecule has 1 amide bonds. The Morgan fingerprint density at radius 3 is 2.22 bits per heavy atom. The highest BCUT2D eigenvalue weighted by molar-refractivity contribution is 5.91. The molecule has 3 heterocycles. The van der Waals surface area contributed by atoms with Gasteiger partial charge in [-0.15, -0.1) is 0 Å². The predicted molar refractivity (Wildman–Crippen MR) is 126 cm³/mol. The van der Waals surface area contributed by atoms with Crippen molar-refractivity contribution in [2.45, 2.75) is 13.1 Å². The van der Waals surface area contributed by atoms with Gasteiger partial charge in [-0.05, 0) is 30.3 Å². The number of likely N-dealkylation sites (N-methyl/N-ethyl adjacent to an activating group) is 1. The van der Waals surface area contributed by atoms with Gasteiger partial charge in [-0.3, -0.25) is 14.7 Å². The standard InChI is InChI=1S/C24H34N6O2/c1-25-24(30-15-13-29(14-16-30)23(31)22-4-3-17-32-22)26-18-20-5-7-21(8-6-20)19-28-11-9-27(2)10-12-28/h3-8,17H,9-16,18-19H2,1-2H3,(H,25,26). The van der Waals surface area contributed by atoms with E-state index >= 15 is 0 Å². The van der Waals surface area contributed by atoms with Crippen LogP contribution in [-0.2, 0) is 13.1 Å². The summed E-state index contributed by atoms with van der Waals surface area (Å²) in [5.74, 6) is 1.22. The lowest BCUT2D eigenvalue weighted by Crippen LogP contribution is -2.53. The van der Waals surface area contributed by atoms with Crippen LogP contribution in [-0.4, -0.2) is 97.9 Å². The Morgan fingerprint density at radius 2 is 1.59 bits per heavy atom. The smallest absolute Gasteiger partial charge is 0.289 e. The third-order valence-electron chi connectivity index (χ3n) is 6.29. The maximum Gasteiger partial charge on any atom is 0.289 e. The summed E-state index contributed by atoms with van der Waals surface area (Å²) in [4.78, 5) is 25.8. The summed E-state index contributed by atoms with van der Waals surface area (Å²) in [5.41, 5.74) is 2.60. The van der Waals surface area contributed by atoms with Crippen molar-refractivity contribution in [3.8, 4) is 0 Å². The fourth-order valence-corrected chi connectivity index (χ4v) is 4.22. The quantitative estimate of drug-likeness (QED) is 0.565. The molecule has 2 aromatic rings. The van der Waals surface area contributed by atoms with Gasteiger partial charge in [0.25, 0.3) is 5.91 Å². The monoisotopic (exact) mass is 438 g/mol. The highest BCUT2D eigenvalue weighted by atomic mass is 16.3. The molecule has 0 radical (unpaired) electrons. The number of benzene rings is 1. The number of guanidine groups is 1. The summed E-state index contributed by atoms with van der Waals surface area (Å²) in [6, 6.07) is 12.3. The first kappa shape index (κ1) is 22.4. The number of hydrogen-bond donors (Lipinski definition) is 1. The van der Waals surface area contributed by atoms with Crippen molar-refractivity contribution in [2.75, 3.05) is 66.5 Å². The number of hydrogen-bond acceptors (Lipinski definition) is 5. The molecule has 1 aromatic heterocycles. The number of amides is 1. The lowest BCUT2D eigenvalue weighted by molar-refractivity contribution is 0.0657. The minimum atomic E-state index is -0.0470. The van der Waals surface area contributed by atoms with E-state index in [1.54, 1.807) is 12.1 Å². The number of carbonyl (C=O) groups is 1. The van der Waals surface area contributed by atoms with Crippen molar-refractivity contribution in [1.29, 1.82) is 0 Å². The zero-order valence-electron chi connectivity index (χ0n) is 19.2. The summed E-state index contributed by atoms with van der Waals surface area (Å²) >= 11 is 0. The van der Waals surface area contributed by atoms with Gasteiger partial charge in [0.15, 0.2) is 11.7 Å². The molecular weight excluding hydrogens is 404 g/mol. The topological polar surface area (TPSA) is 67.6 Å². The van der Waals surface area contributed by atoms with E-state index in [0.717, 1.165) is 58.3 Å². The molecule has 0 aliphatic carbocycles. The molecule has 8 heteroatoms. The van der Waals surface area contributed by atoms with Gasteiger partial charge in [0, 0.05) is 72.5 Å². The summed E-state index contributed by atoms with van der Waals surface area (Å²) < 4.78 is 5.24. The molecule has 0 unspecified atom stereocenters. The number of carbonyl (C=O) groups excluding carboxylic acids is 1. The number of furan rings is 1. The lowest BCUT2D eigenvalue weighted by atomic mass is 10.1. The minimum Gasteiger partial charge on any atom is -0.459 e. The second kappa shape index (κ2) is 10.7. The zero-order valence-corrected chi connectivity index (χ0v) is 19.2. The molecular formula is C24H34N6O2. The summed E-state index contributed by atoms with van der Waals surface area (Å²) in [7, 11) is 4.00. The second-order valence-electron chi connectivity index (χ2n) is 8.55. The Hall–Kier alpha value is -2.84. The normalized spacial score (nSPS) is 18.8. The maximum atomic E-state index is 12.4. The van der Waals surface area contributed by atoms with Gasteiger partial charge >= 0.3 is 0 Å². The summed E-state index contributed by atoms with van der Waals surface area (Å²) in [5, 5.41) is 3.47. The van der Waals surface area contributed by atoms with Gasteiger partial charge in [0.1, 0.15) is 0 Å². The molecule has 32 heavy (non-hydrogen) atoms. The molecule has 2 aliphatic heterocycles. The minimum absolute atomic E-state index is 0.0470. The Kier molecular flexibility index (Phi) is 7.44. The van der Waals surface area contributed by atoms with Crippen LogP contribution >= 0.6 is 0 Å². The lowest BCUT2D eigenvalue weighted by Gasteiger charge is -2.36. The van der Waals surface area contributed by atoms with Gasteiger partial charge in [-0.2, -0.15) is 0 Å². The number of nitrogens with zero attached hydrogens (tertiary/aromatic N) is 5. The predicted octanol–water partition coefficient (Wildman–Crippen LogP) is 1.56. The third kappa shape index (κ3) is 5.69. The van der Waals surface area contributed by atoms with Gasteiger partial charge in [0.05, 0.1) is 6.26 Å². The van der Waals surface area contributed by atoms with Gasteiger partial charge in [0.2, 0.25) is 0 Å². The molecule has 172 valence electrons. The number of aliphatic imine (C=N–C) groups is 1. The van der Waals surface area contributed by atoms with Gasteiger partial charge < -0.3 is 24.4 Å². The first-order chi connectivity index (χ1) is 15.6. The largest absolute Gasteiger partial charge is 0.459 e. The van der Waals surface area contributed by atoms with Crippen LogP contribution < -0.4 is 5.32 Å². The molecule has 2 saturated heterocycles.